The number of hydrogen-bond acceptors (Lipinski definition) is 2. The van der Waals surface area contributed by atoms with Crippen molar-refractivity contribution in [3.63, 3.8) is 0 Å². The van der Waals surface area contributed by atoms with Crippen LogP contribution in [0.1, 0.15) is 30.5 Å². The summed E-state index contributed by atoms with van der Waals surface area (Å²) in [6.07, 6.45) is 1.42. The minimum absolute atomic E-state index is 0.444. The molecule has 0 fully saturated rings. The van der Waals surface area contributed by atoms with Gasteiger partial charge in [-0.05, 0) is 48.6 Å². The minimum atomic E-state index is -0.984. The first-order chi connectivity index (χ1) is 10.5. The fourth-order valence-corrected chi connectivity index (χ4v) is 2.57. The van der Waals surface area contributed by atoms with Crippen LogP contribution in [-0.4, -0.2) is 18.2 Å². The molecule has 2 aromatic carbocycles. The second-order valence-corrected chi connectivity index (χ2v) is 5.72. The van der Waals surface area contributed by atoms with Gasteiger partial charge >= 0.3 is 5.97 Å². The minimum Gasteiger partial charge on any atom is -0.497 e. The van der Waals surface area contributed by atoms with Gasteiger partial charge in [0.05, 0.1) is 12.5 Å². The number of aliphatic carboxylic acids is 1. The molecule has 0 saturated carbocycles. The molecular weight excluding hydrogens is 276 g/mol. The molecule has 0 aliphatic rings. The maximum absolute atomic E-state index is 11.9. The number of carboxylic acids is 1. The van der Waals surface area contributed by atoms with Crippen LogP contribution in [0.5, 0.6) is 5.75 Å². The van der Waals surface area contributed by atoms with Crippen molar-refractivity contribution in [2.75, 3.05) is 7.11 Å². The number of benzene rings is 2. The molecule has 0 amide bonds. The van der Waals surface area contributed by atoms with E-state index < -0.39 is 11.4 Å². The lowest BCUT2D eigenvalue weighted by atomic mass is 9.77. The summed E-state index contributed by atoms with van der Waals surface area (Å²) in [4.78, 5) is 11.9. The van der Waals surface area contributed by atoms with Gasteiger partial charge in [-0.25, -0.2) is 0 Å². The molecule has 1 N–H and O–H groups in total. The molecule has 0 bridgehead atoms. The largest absolute Gasteiger partial charge is 0.497 e. The van der Waals surface area contributed by atoms with Gasteiger partial charge in [-0.2, -0.15) is 0 Å². The Hall–Kier alpha value is -2.29. The molecule has 0 aliphatic carbocycles. The van der Waals surface area contributed by atoms with Gasteiger partial charge < -0.3 is 9.84 Å². The molecule has 116 valence electrons. The first kappa shape index (κ1) is 16.1. The highest BCUT2D eigenvalue weighted by atomic mass is 16.5. The van der Waals surface area contributed by atoms with Crippen molar-refractivity contribution in [1.29, 1.82) is 0 Å². The Kier molecular flexibility index (Phi) is 4.86. The maximum atomic E-state index is 11.9. The molecule has 0 saturated heterocycles. The molecular formula is C19H22O3. The molecule has 1 unspecified atom stereocenters. The van der Waals surface area contributed by atoms with Gasteiger partial charge in [0.15, 0.2) is 0 Å². The van der Waals surface area contributed by atoms with Crippen LogP contribution in [-0.2, 0) is 23.1 Å². The lowest BCUT2D eigenvalue weighted by Gasteiger charge is -2.26. The van der Waals surface area contributed by atoms with Crippen LogP contribution in [0.4, 0.5) is 0 Å². The first-order valence-corrected chi connectivity index (χ1v) is 7.45. The number of carbonyl (C=O) groups is 1. The Bertz CT molecular complexity index is 646. The van der Waals surface area contributed by atoms with Crippen LogP contribution in [0.25, 0.3) is 0 Å². The van der Waals surface area contributed by atoms with Gasteiger partial charge in [0.1, 0.15) is 5.75 Å². The molecule has 0 heterocycles. The van der Waals surface area contributed by atoms with E-state index in [1.165, 1.54) is 5.56 Å². The second kappa shape index (κ2) is 6.65. The number of aryl methyl sites for hydroxylation is 1. The number of rotatable bonds is 6. The zero-order valence-electron chi connectivity index (χ0n) is 13.3. The van der Waals surface area contributed by atoms with E-state index in [1.54, 1.807) is 20.1 Å². The van der Waals surface area contributed by atoms with Crippen molar-refractivity contribution in [3.05, 3.63) is 65.2 Å². The van der Waals surface area contributed by atoms with Crippen molar-refractivity contribution in [3.8, 4) is 5.75 Å². The lowest BCUT2D eigenvalue weighted by Crippen LogP contribution is -2.34. The van der Waals surface area contributed by atoms with Crippen LogP contribution in [0.2, 0.25) is 0 Å². The van der Waals surface area contributed by atoms with Crippen LogP contribution < -0.4 is 4.74 Å². The fourth-order valence-electron chi connectivity index (χ4n) is 2.57. The molecule has 22 heavy (non-hydrogen) atoms. The first-order valence-electron chi connectivity index (χ1n) is 7.45. The third-order valence-corrected chi connectivity index (χ3v) is 4.17. The molecule has 0 aliphatic heterocycles. The van der Waals surface area contributed by atoms with Gasteiger partial charge in [0, 0.05) is 0 Å². The summed E-state index contributed by atoms with van der Waals surface area (Å²) in [5.41, 5.74) is 2.04. The van der Waals surface area contributed by atoms with Crippen LogP contribution in [0.15, 0.2) is 48.5 Å². The molecule has 0 aromatic heterocycles. The van der Waals surface area contributed by atoms with Crippen molar-refractivity contribution in [2.24, 2.45) is 0 Å². The summed E-state index contributed by atoms with van der Waals surface area (Å²) in [6, 6.07) is 15.4. The molecule has 3 heteroatoms. The van der Waals surface area contributed by atoms with E-state index in [9.17, 15) is 9.90 Å². The highest BCUT2D eigenvalue weighted by molar-refractivity contribution is 5.81. The van der Waals surface area contributed by atoms with Crippen LogP contribution in [0.3, 0.4) is 0 Å². The zero-order valence-corrected chi connectivity index (χ0v) is 13.3. The van der Waals surface area contributed by atoms with E-state index in [-0.39, 0.29) is 0 Å². The van der Waals surface area contributed by atoms with Gasteiger partial charge in [0.2, 0.25) is 0 Å². The normalized spacial score (nSPS) is 13.4. The van der Waals surface area contributed by atoms with E-state index in [0.717, 1.165) is 17.5 Å². The molecule has 2 rings (SSSR count). The SMILES string of the molecule is CCc1ccc(CC(C)(C(=O)O)c2cccc(OC)c2)cc1. The third kappa shape index (κ3) is 3.30. The molecule has 0 spiro atoms. The standard InChI is InChI=1S/C19H22O3/c1-4-14-8-10-15(11-9-14)13-19(2,18(20)21)16-6-5-7-17(12-16)22-3/h5-12H,4,13H2,1-3H3,(H,20,21). The average Bonchev–Trinajstić information content (AvgIpc) is 2.55. The maximum Gasteiger partial charge on any atom is 0.314 e. The summed E-state index contributed by atoms with van der Waals surface area (Å²) in [7, 11) is 1.58. The average molecular weight is 298 g/mol. The highest BCUT2D eigenvalue weighted by Crippen LogP contribution is 2.31. The van der Waals surface area contributed by atoms with Crippen molar-refractivity contribution in [2.45, 2.75) is 32.1 Å². The summed E-state index contributed by atoms with van der Waals surface area (Å²) < 4.78 is 5.22. The van der Waals surface area contributed by atoms with Gasteiger partial charge in [-0.3, -0.25) is 4.79 Å². The Morgan fingerprint density at radius 3 is 2.32 bits per heavy atom. The fraction of sp³-hybridized carbons (Fsp3) is 0.316. The summed E-state index contributed by atoms with van der Waals surface area (Å²) in [5.74, 6) is -0.161. The molecule has 1 atom stereocenters. The van der Waals surface area contributed by atoms with Gasteiger partial charge in [-0.15, -0.1) is 0 Å². The summed E-state index contributed by atoms with van der Waals surface area (Å²) in [6.45, 7) is 3.87. The number of methoxy groups -OCH3 is 1. The van der Waals surface area contributed by atoms with Crippen molar-refractivity contribution < 1.29 is 14.6 Å². The Morgan fingerprint density at radius 2 is 1.77 bits per heavy atom. The predicted octanol–water partition coefficient (Wildman–Crippen LogP) is 3.84. The molecule has 3 nitrogen and oxygen atoms in total. The summed E-state index contributed by atoms with van der Waals surface area (Å²) >= 11 is 0. The Morgan fingerprint density at radius 1 is 1.14 bits per heavy atom. The van der Waals surface area contributed by atoms with Gasteiger partial charge in [0.25, 0.3) is 0 Å². The lowest BCUT2D eigenvalue weighted by molar-refractivity contribution is -0.143. The van der Waals surface area contributed by atoms with Crippen molar-refractivity contribution in [1.82, 2.24) is 0 Å². The van der Waals surface area contributed by atoms with E-state index in [4.69, 9.17) is 4.74 Å². The van der Waals surface area contributed by atoms with Gasteiger partial charge in [-0.1, -0.05) is 43.3 Å². The molecule has 2 aromatic rings. The highest BCUT2D eigenvalue weighted by Gasteiger charge is 2.35. The van der Waals surface area contributed by atoms with Crippen LogP contribution >= 0.6 is 0 Å². The predicted molar refractivity (Wildman–Crippen MR) is 87.5 cm³/mol. The second-order valence-electron chi connectivity index (χ2n) is 5.72. The quantitative estimate of drug-likeness (QED) is 0.881. The van der Waals surface area contributed by atoms with E-state index in [0.29, 0.717) is 12.2 Å². The monoisotopic (exact) mass is 298 g/mol. The zero-order chi connectivity index (χ0) is 16.2. The number of ether oxygens (including phenoxy) is 1. The van der Waals surface area contributed by atoms with Crippen LogP contribution in [0, 0.1) is 0 Å². The Balaban J connectivity index is 2.36. The molecule has 0 radical (unpaired) electrons. The number of hydrogen-bond donors (Lipinski definition) is 1. The smallest absolute Gasteiger partial charge is 0.314 e. The topological polar surface area (TPSA) is 46.5 Å². The van der Waals surface area contributed by atoms with Crippen molar-refractivity contribution >= 4 is 5.97 Å². The Labute approximate surface area is 131 Å². The van der Waals surface area contributed by atoms with E-state index >= 15 is 0 Å². The number of carboxylic acid groups (broad SMARTS) is 1. The summed E-state index contributed by atoms with van der Waals surface area (Å²) in [5, 5.41) is 9.77. The van der Waals surface area contributed by atoms with E-state index in [1.807, 2.05) is 30.3 Å². The third-order valence-electron chi connectivity index (χ3n) is 4.17. The van der Waals surface area contributed by atoms with E-state index in [2.05, 4.69) is 19.1 Å².